The summed E-state index contributed by atoms with van der Waals surface area (Å²) in [6.07, 6.45) is 5.19. The van der Waals surface area contributed by atoms with Crippen LogP contribution in [0.4, 0.5) is 17.3 Å². The highest BCUT2D eigenvalue weighted by molar-refractivity contribution is 6.04. The molecule has 0 aliphatic carbocycles. The molecule has 1 aliphatic rings. The minimum Gasteiger partial charge on any atom is -0.449 e. The second-order valence-corrected chi connectivity index (χ2v) is 12.4. The molecular formula is C39H41N7O3. The van der Waals surface area contributed by atoms with Gasteiger partial charge in [-0.25, -0.2) is 9.97 Å². The highest BCUT2D eigenvalue weighted by Gasteiger charge is 2.26. The van der Waals surface area contributed by atoms with Crippen molar-refractivity contribution in [3.05, 3.63) is 132 Å². The summed E-state index contributed by atoms with van der Waals surface area (Å²) in [5.41, 5.74) is 6.79. The van der Waals surface area contributed by atoms with Gasteiger partial charge in [0.2, 0.25) is 5.95 Å². The standard InChI is InChI=1S/C39H41N7O3/c1-27-11-16-34(22-36(27)44-39-41-19-17-35(43-39)33-10-7-18-40-23-33)42-37(47)32-14-12-30(13-15-32)25-45-20-21-46(28(2)24-45)26-49-38(48)29(3)31-8-5-4-6-9-31/h4-19,22-23,28-29H,20-21,24-26H2,1-3H3,(H,42,47)(H,41,43,44). The van der Waals surface area contributed by atoms with Gasteiger partial charge in [-0.05, 0) is 79.9 Å². The molecule has 1 saturated heterocycles. The van der Waals surface area contributed by atoms with Crippen molar-refractivity contribution in [2.24, 2.45) is 0 Å². The van der Waals surface area contributed by atoms with E-state index in [1.807, 2.05) is 105 Å². The van der Waals surface area contributed by atoms with Crippen molar-refractivity contribution in [1.29, 1.82) is 0 Å². The number of aryl methyl sites for hydroxylation is 1. The Bertz CT molecular complexity index is 1870. The number of nitrogens with zero attached hydrogens (tertiary/aromatic N) is 5. The van der Waals surface area contributed by atoms with Crippen LogP contribution < -0.4 is 10.6 Å². The fourth-order valence-corrected chi connectivity index (χ4v) is 5.83. The van der Waals surface area contributed by atoms with Gasteiger partial charge >= 0.3 is 5.97 Å². The van der Waals surface area contributed by atoms with Gasteiger partial charge in [-0.15, -0.1) is 0 Å². The summed E-state index contributed by atoms with van der Waals surface area (Å²) < 4.78 is 5.68. The minimum atomic E-state index is -0.295. The van der Waals surface area contributed by atoms with Crippen LogP contribution in [0.3, 0.4) is 0 Å². The molecular weight excluding hydrogens is 614 g/mol. The first-order valence-electron chi connectivity index (χ1n) is 16.5. The van der Waals surface area contributed by atoms with Gasteiger partial charge in [-0.2, -0.15) is 0 Å². The fraction of sp³-hybridized carbons (Fsp3) is 0.256. The Hall–Kier alpha value is -5.45. The van der Waals surface area contributed by atoms with Crippen LogP contribution in [-0.4, -0.2) is 69.0 Å². The first-order chi connectivity index (χ1) is 23.8. The number of rotatable bonds is 11. The molecule has 1 fully saturated rings. The van der Waals surface area contributed by atoms with E-state index >= 15 is 0 Å². The van der Waals surface area contributed by atoms with Crippen LogP contribution in [0.25, 0.3) is 11.3 Å². The van der Waals surface area contributed by atoms with Crippen LogP contribution in [0.1, 0.15) is 46.8 Å². The van der Waals surface area contributed by atoms with Gasteiger partial charge in [-0.3, -0.25) is 24.4 Å². The Balaban J connectivity index is 0.991. The number of pyridine rings is 1. The average Bonchev–Trinajstić information content (AvgIpc) is 3.13. The molecule has 10 nitrogen and oxygen atoms in total. The zero-order chi connectivity index (χ0) is 34.2. The zero-order valence-electron chi connectivity index (χ0n) is 28.0. The molecule has 2 aromatic heterocycles. The van der Waals surface area contributed by atoms with E-state index < -0.39 is 0 Å². The third-order valence-corrected chi connectivity index (χ3v) is 8.85. The molecule has 10 heteroatoms. The van der Waals surface area contributed by atoms with E-state index in [0.29, 0.717) is 23.9 Å². The van der Waals surface area contributed by atoms with Gasteiger partial charge in [0.1, 0.15) is 6.73 Å². The van der Waals surface area contributed by atoms with Crippen LogP contribution in [0.5, 0.6) is 0 Å². The molecule has 0 spiro atoms. The Labute approximate surface area is 287 Å². The van der Waals surface area contributed by atoms with Crippen LogP contribution in [0, 0.1) is 6.92 Å². The zero-order valence-corrected chi connectivity index (χ0v) is 28.0. The quantitative estimate of drug-likeness (QED) is 0.151. The molecule has 6 rings (SSSR count). The third kappa shape index (κ3) is 8.72. The lowest BCUT2D eigenvalue weighted by Crippen LogP contribution is -2.52. The van der Waals surface area contributed by atoms with Gasteiger partial charge in [0.25, 0.3) is 5.91 Å². The van der Waals surface area contributed by atoms with Crippen LogP contribution in [-0.2, 0) is 16.1 Å². The predicted molar refractivity (Wildman–Crippen MR) is 191 cm³/mol. The van der Waals surface area contributed by atoms with Crippen molar-refractivity contribution in [1.82, 2.24) is 24.8 Å². The molecule has 3 heterocycles. The second kappa shape index (κ2) is 15.6. The largest absolute Gasteiger partial charge is 0.449 e. The summed E-state index contributed by atoms with van der Waals surface area (Å²) in [7, 11) is 0. The number of hydrogen-bond acceptors (Lipinski definition) is 9. The molecule has 3 aromatic carbocycles. The topological polar surface area (TPSA) is 113 Å². The van der Waals surface area contributed by atoms with E-state index in [1.54, 1.807) is 18.6 Å². The molecule has 1 aliphatic heterocycles. The molecule has 2 atom stereocenters. The molecule has 49 heavy (non-hydrogen) atoms. The Morgan fingerprint density at radius 1 is 0.959 bits per heavy atom. The second-order valence-electron chi connectivity index (χ2n) is 12.4. The van der Waals surface area contributed by atoms with Gasteiger partial charge in [0, 0.05) is 73.3 Å². The summed E-state index contributed by atoms with van der Waals surface area (Å²) in [4.78, 5) is 43.6. The number of hydrogen-bond donors (Lipinski definition) is 2. The maximum Gasteiger partial charge on any atom is 0.314 e. The predicted octanol–water partition coefficient (Wildman–Crippen LogP) is 6.65. The number of carbonyl (C=O) groups excluding carboxylic acids is 2. The van der Waals surface area contributed by atoms with Crippen molar-refractivity contribution in [3.63, 3.8) is 0 Å². The number of aromatic nitrogens is 3. The number of anilines is 3. The van der Waals surface area contributed by atoms with Gasteiger partial charge in [0.15, 0.2) is 0 Å². The third-order valence-electron chi connectivity index (χ3n) is 8.85. The van der Waals surface area contributed by atoms with Crippen LogP contribution in [0.15, 0.2) is 110 Å². The van der Waals surface area contributed by atoms with Gasteiger partial charge in [0.05, 0.1) is 11.6 Å². The number of carbonyl (C=O) groups is 2. The Morgan fingerprint density at radius 3 is 2.53 bits per heavy atom. The van der Waals surface area contributed by atoms with Crippen molar-refractivity contribution < 1.29 is 14.3 Å². The van der Waals surface area contributed by atoms with E-state index in [4.69, 9.17) is 4.74 Å². The SMILES string of the molecule is Cc1ccc(NC(=O)c2ccc(CN3CCN(COC(=O)C(C)c4ccccc4)C(C)C3)cc2)cc1Nc1nccc(-c2cccnc2)n1. The summed E-state index contributed by atoms with van der Waals surface area (Å²) in [5.74, 6) is -0.232. The highest BCUT2D eigenvalue weighted by Crippen LogP contribution is 2.25. The maximum atomic E-state index is 13.2. The van der Waals surface area contributed by atoms with E-state index in [9.17, 15) is 9.59 Å². The smallest absolute Gasteiger partial charge is 0.314 e. The lowest BCUT2D eigenvalue weighted by molar-refractivity contribution is -0.152. The molecule has 0 saturated carbocycles. The molecule has 2 N–H and O–H groups in total. The highest BCUT2D eigenvalue weighted by atomic mass is 16.5. The van der Waals surface area contributed by atoms with Crippen molar-refractivity contribution in [2.45, 2.75) is 39.3 Å². The maximum absolute atomic E-state index is 13.2. The Morgan fingerprint density at radius 2 is 1.78 bits per heavy atom. The number of ether oxygens (including phenoxy) is 1. The molecule has 250 valence electrons. The number of benzene rings is 3. The first kappa shape index (κ1) is 33.5. The Kier molecular flexibility index (Phi) is 10.7. The van der Waals surface area contributed by atoms with Crippen molar-refractivity contribution in [3.8, 4) is 11.3 Å². The van der Waals surface area contributed by atoms with E-state index in [-0.39, 0.29) is 23.8 Å². The molecule has 5 aromatic rings. The van der Waals surface area contributed by atoms with Crippen LogP contribution in [0.2, 0.25) is 0 Å². The summed E-state index contributed by atoms with van der Waals surface area (Å²) in [5, 5.41) is 6.30. The van der Waals surface area contributed by atoms with E-state index in [0.717, 1.165) is 59.8 Å². The fourth-order valence-electron chi connectivity index (χ4n) is 5.83. The van der Waals surface area contributed by atoms with E-state index in [1.165, 1.54) is 0 Å². The molecule has 1 amide bonds. The number of nitrogens with one attached hydrogen (secondary N) is 2. The van der Waals surface area contributed by atoms with Crippen molar-refractivity contribution in [2.75, 3.05) is 37.0 Å². The minimum absolute atomic E-state index is 0.186. The lowest BCUT2D eigenvalue weighted by atomic mass is 10.0. The van der Waals surface area contributed by atoms with Crippen LogP contribution >= 0.6 is 0 Å². The first-order valence-corrected chi connectivity index (χ1v) is 16.5. The monoisotopic (exact) mass is 655 g/mol. The lowest BCUT2D eigenvalue weighted by Gasteiger charge is -2.39. The van der Waals surface area contributed by atoms with Gasteiger partial charge in [-0.1, -0.05) is 48.5 Å². The molecule has 0 radical (unpaired) electrons. The molecule has 0 bridgehead atoms. The number of amides is 1. The molecule has 2 unspecified atom stereocenters. The number of piperazine rings is 1. The van der Waals surface area contributed by atoms with E-state index in [2.05, 4.69) is 42.3 Å². The summed E-state index contributed by atoms with van der Waals surface area (Å²) in [6.45, 7) is 9.63. The van der Waals surface area contributed by atoms with Gasteiger partial charge < -0.3 is 15.4 Å². The summed E-state index contributed by atoms with van der Waals surface area (Å²) in [6, 6.07) is 29.1. The normalized spacial score (nSPS) is 15.7. The number of esters is 1. The summed E-state index contributed by atoms with van der Waals surface area (Å²) >= 11 is 0. The van der Waals surface area contributed by atoms with Crippen molar-refractivity contribution >= 4 is 29.2 Å². The average molecular weight is 656 g/mol.